The molecule has 5 aromatic rings. The van der Waals surface area contributed by atoms with Gasteiger partial charge >= 0.3 is 0 Å². The van der Waals surface area contributed by atoms with Gasteiger partial charge in [-0.3, -0.25) is 4.98 Å². The number of nitrogens with zero attached hydrogens (tertiary/aromatic N) is 2. The predicted octanol–water partition coefficient (Wildman–Crippen LogP) is 6.12. The highest BCUT2D eigenvalue weighted by Gasteiger charge is 2.12. The summed E-state index contributed by atoms with van der Waals surface area (Å²) in [4.78, 5) is 4.32. The average Bonchev–Trinajstić information content (AvgIpc) is 3.02. The van der Waals surface area contributed by atoms with E-state index in [1.165, 1.54) is 12.1 Å². The SMILES string of the molecule is Fc1cc(F)cc(-c2cc(-n3c4ccccc4c4ccccc43)ccn2)c1. The van der Waals surface area contributed by atoms with Crippen molar-refractivity contribution in [2.75, 3.05) is 0 Å². The zero-order valence-electron chi connectivity index (χ0n) is 14.2. The maximum atomic E-state index is 13.6. The van der Waals surface area contributed by atoms with Crippen molar-refractivity contribution in [2.24, 2.45) is 0 Å². The van der Waals surface area contributed by atoms with Crippen LogP contribution in [0.25, 0.3) is 38.8 Å². The summed E-state index contributed by atoms with van der Waals surface area (Å²) in [5.74, 6) is -1.23. The van der Waals surface area contributed by atoms with Crippen LogP contribution in [0.3, 0.4) is 0 Å². The fourth-order valence-electron chi connectivity index (χ4n) is 3.62. The van der Waals surface area contributed by atoms with E-state index in [1.807, 2.05) is 36.4 Å². The lowest BCUT2D eigenvalue weighted by molar-refractivity contribution is 0.584. The van der Waals surface area contributed by atoms with Gasteiger partial charge in [-0.2, -0.15) is 0 Å². The monoisotopic (exact) mass is 356 g/mol. The van der Waals surface area contributed by atoms with Crippen LogP contribution in [0.2, 0.25) is 0 Å². The first-order valence-electron chi connectivity index (χ1n) is 8.62. The highest BCUT2D eigenvalue weighted by molar-refractivity contribution is 6.09. The average molecular weight is 356 g/mol. The molecule has 0 N–H and O–H groups in total. The van der Waals surface area contributed by atoms with E-state index in [9.17, 15) is 8.78 Å². The summed E-state index contributed by atoms with van der Waals surface area (Å²) >= 11 is 0. The predicted molar refractivity (Wildman–Crippen MR) is 104 cm³/mol. The highest BCUT2D eigenvalue weighted by Crippen LogP contribution is 2.32. The summed E-state index contributed by atoms with van der Waals surface area (Å²) in [5.41, 5.74) is 3.97. The van der Waals surface area contributed by atoms with Crippen molar-refractivity contribution in [3.63, 3.8) is 0 Å². The second-order valence-electron chi connectivity index (χ2n) is 6.43. The van der Waals surface area contributed by atoms with Crippen LogP contribution in [-0.4, -0.2) is 9.55 Å². The standard InChI is InChI=1S/C23H14F2N2/c24-16-11-15(12-17(25)13-16)21-14-18(9-10-26-21)27-22-7-3-1-5-19(22)20-6-2-4-8-23(20)27/h1-14H. The lowest BCUT2D eigenvalue weighted by atomic mass is 10.1. The van der Waals surface area contributed by atoms with Crippen molar-refractivity contribution < 1.29 is 8.78 Å². The molecular formula is C23H14F2N2. The Bertz CT molecular complexity index is 1230. The molecular weight excluding hydrogens is 342 g/mol. The lowest BCUT2D eigenvalue weighted by Crippen LogP contribution is -1.96. The fourth-order valence-corrected chi connectivity index (χ4v) is 3.62. The maximum Gasteiger partial charge on any atom is 0.126 e. The van der Waals surface area contributed by atoms with Gasteiger partial charge in [0.05, 0.1) is 16.7 Å². The molecule has 3 aromatic carbocycles. The highest BCUT2D eigenvalue weighted by atomic mass is 19.1. The molecule has 27 heavy (non-hydrogen) atoms. The van der Waals surface area contributed by atoms with E-state index in [-0.39, 0.29) is 0 Å². The molecule has 2 nitrogen and oxygen atoms in total. The quantitative estimate of drug-likeness (QED) is 0.372. The van der Waals surface area contributed by atoms with Gasteiger partial charge in [-0.15, -0.1) is 0 Å². The first kappa shape index (κ1) is 15.7. The number of hydrogen-bond acceptors (Lipinski definition) is 1. The molecule has 2 heterocycles. The van der Waals surface area contributed by atoms with E-state index in [2.05, 4.69) is 33.8 Å². The van der Waals surface area contributed by atoms with Crippen molar-refractivity contribution >= 4 is 21.8 Å². The van der Waals surface area contributed by atoms with Crippen molar-refractivity contribution in [1.29, 1.82) is 0 Å². The van der Waals surface area contributed by atoms with Crippen LogP contribution in [0.5, 0.6) is 0 Å². The molecule has 0 saturated heterocycles. The first-order valence-corrected chi connectivity index (χ1v) is 8.62. The normalized spacial score (nSPS) is 11.3. The van der Waals surface area contributed by atoms with E-state index in [0.29, 0.717) is 11.3 Å². The van der Waals surface area contributed by atoms with Gasteiger partial charge in [-0.05, 0) is 36.4 Å². The van der Waals surface area contributed by atoms with Crippen LogP contribution in [0.1, 0.15) is 0 Å². The smallest absolute Gasteiger partial charge is 0.126 e. The molecule has 0 saturated carbocycles. The molecule has 0 spiro atoms. The molecule has 0 fully saturated rings. The van der Waals surface area contributed by atoms with Gasteiger partial charge in [0.15, 0.2) is 0 Å². The Hall–Kier alpha value is -3.53. The number of pyridine rings is 1. The lowest BCUT2D eigenvalue weighted by Gasteiger charge is -2.10. The number of hydrogen-bond donors (Lipinski definition) is 0. The molecule has 0 bridgehead atoms. The first-order chi connectivity index (χ1) is 13.2. The molecule has 0 radical (unpaired) electrons. The third-order valence-corrected chi connectivity index (χ3v) is 4.74. The fraction of sp³-hybridized carbons (Fsp3) is 0. The molecule has 0 amide bonds. The molecule has 130 valence electrons. The van der Waals surface area contributed by atoms with Crippen LogP contribution in [-0.2, 0) is 0 Å². The summed E-state index contributed by atoms with van der Waals surface area (Å²) in [6, 6.07) is 23.6. The van der Waals surface area contributed by atoms with Crippen molar-refractivity contribution in [1.82, 2.24) is 9.55 Å². The number of halogens is 2. The number of aromatic nitrogens is 2. The molecule has 0 aliphatic heterocycles. The molecule has 2 aromatic heterocycles. The van der Waals surface area contributed by atoms with Gasteiger partial charge in [0.1, 0.15) is 11.6 Å². The molecule has 0 unspecified atom stereocenters. The zero-order valence-corrected chi connectivity index (χ0v) is 14.2. The minimum absolute atomic E-state index is 0.412. The Morgan fingerprint density at radius 1 is 0.667 bits per heavy atom. The Balaban J connectivity index is 1.78. The van der Waals surface area contributed by atoms with E-state index in [0.717, 1.165) is 33.6 Å². The zero-order chi connectivity index (χ0) is 18.4. The molecule has 0 aliphatic carbocycles. The molecule has 5 rings (SSSR count). The Kier molecular flexibility index (Phi) is 3.50. The van der Waals surface area contributed by atoms with E-state index < -0.39 is 11.6 Å². The minimum atomic E-state index is -0.617. The van der Waals surface area contributed by atoms with Crippen LogP contribution < -0.4 is 0 Å². The summed E-state index contributed by atoms with van der Waals surface area (Å²) in [5, 5.41) is 2.31. The van der Waals surface area contributed by atoms with E-state index in [1.54, 1.807) is 6.20 Å². The van der Waals surface area contributed by atoms with Gasteiger partial charge in [0, 0.05) is 34.3 Å². The van der Waals surface area contributed by atoms with Crippen molar-refractivity contribution in [2.45, 2.75) is 0 Å². The van der Waals surface area contributed by atoms with Crippen LogP contribution >= 0.6 is 0 Å². The largest absolute Gasteiger partial charge is 0.309 e. The minimum Gasteiger partial charge on any atom is -0.309 e. The molecule has 4 heteroatoms. The second-order valence-corrected chi connectivity index (χ2v) is 6.43. The topological polar surface area (TPSA) is 17.8 Å². The van der Waals surface area contributed by atoms with Crippen molar-refractivity contribution in [3.8, 4) is 16.9 Å². The molecule has 0 atom stereocenters. The number of para-hydroxylation sites is 2. The number of fused-ring (bicyclic) bond motifs is 3. The Morgan fingerprint density at radius 2 is 1.26 bits per heavy atom. The van der Waals surface area contributed by atoms with Gasteiger partial charge < -0.3 is 4.57 Å². The number of benzene rings is 3. The van der Waals surface area contributed by atoms with Gasteiger partial charge in [0.25, 0.3) is 0 Å². The van der Waals surface area contributed by atoms with Crippen LogP contribution in [0.15, 0.2) is 85.1 Å². The van der Waals surface area contributed by atoms with Crippen molar-refractivity contribution in [3.05, 3.63) is 96.7 Å². The summed E-state index contributed by atoms with van der Waals surface area (Å²) in [7, 11) is 0. The third kappa shape index (κ3) is 2.57. The molecule has 0 aliphatic rings. The van der Waals surface area contributed by atoms with E-state index in [4.69, 9.17) is 0 Å². The Morgan fingerprint density at radius 3 is 1.89 bits per heavy atom. The van der Waals surface area contributed by atoms with Gasteiger partial charge in [-0.25, -0.2) is 8.78 Å². The summed E-state index contributed by atoms with van der Waals surface area (Å²) < 4.78 is 29.4. The number of rotatable bonds is 2. The van der Waals surface area contributed by atoms with Gasteiger partial charge in [-0.1, -0.05) is 36.4 Å². The summed E-state index contributed by atoms with van der Waals surface area (Å²) in [6.45, 7) is 0. The maximum absolute atomic E-state index is 13.6. The Labute approximate surface area is 154 Å². The van der Waals surface area contributed by atoms with Crippen LogP contribution in [0.4, 0.5) is 8.78 Å². The second kappa shape index (κ2) is 6.02. The van der Waals surface area contributed by atoms with Crippen LogP contribution in [0, 0.1) is 11.6 Å². The van der Waals surface area contributed by atoms with E-state index >= 15 is 0 Å². The van der Waals surface area contributed by atoms with Gasteiger partial charge in [0.2, 0.25) is 0 Å². The third-order valence-electron chi connectivity index (χ3n) is 4.74. The summed E-state index contributed by atoms with van der Waals surface area (Å²) in [6.07, 6.45) is 1.66.